The fraction of sp³-hybridized carbons (Fsp3) is 0.0769. The summed E-state index contributed by atoms with van der Waals surface area (Å²) in [7, 11) is 0. The van der Waals surface area contributed by atoms with Crippen molar-refractivity contribution >= 4 is 5.91 Å². The molecule has 0 saturated carbocycles. The van der Waals surface area contributed by atoms with Crippen LogP contribution in [0.5, 0.6) is 0 Å². The lowest BCUT2D eigenvalue weighted by Gasteiger charge is -2.05. The molecule has 3 nitrogen and oxygen atoms in total. The molecule has 1 N–H and O–H groups in total. The maximum absolute atomic E-state index is 13.2. The molecule has 0 bridgehead atoms. The van der Waals surface area contributed by atoms with Crippen LogP contribution >= 0.6 is 0 Å². The minimum Gasteiger partial charge on any atom is -0.347 e. The smallest absolute Gasteiger partial charge is 0.273 e. The van der Waals surface area contributed by atoms with E-state index in [1.165, 1.54) is 18.3 Å². The number of carbonyl (C=O) groups excluding carboxylic acids is 1. The number of carbonyl (C=O) groups is 1. The molecule has 0 aliphatic rings. The highest BCUT2D eigenvalue weighted by atomic mass is 19.1. The fourth-order valence-electron chi connectivity index (χ4n) is 1.41. The molecular weight excluding hydrogens is 219 g/mol. The van der Waals surface area contributed by atoms with Crippen LogP contribution in [-0.4, -0.2) is 10.9 Å². The van der Waals surface area contributed by atoms with Crippen LogP contribution < -0.4 is 5.32 Å². The monoisotopic (exact) mass is 230 g/mol. The Balaban J connectivity index is 2.01. The molecule has 1 amide bonds. The molecule has 0 aliphatic heterocycles. The van der Waals surface area contributed by atoms with Crippen molar-refractivity contribution in [3.05, 3.63) is 65.7 Å². The maximum atomic E-state index is 13.2. The lowest BCUT2D eigenvalue weighted by atomic mass is 10.2. The average molecular weight is 230 g/mol. The van der Waals surface area contributed by atoms with Gasteiger partial charge in [-0.1, -0.05) is 30.3 Å². The zero-order valence-electron chi connectivity index (χ0n) is 9.06. The Bertz CT molecular complexity index is 514. The fourth-order valence-corrected chi connectivity index (χ4v) is 1.41. The Morgan fingerprint density at radius 1 is 1.18 bits per heavy atom. The SMILES string of the molecule is O=C(NCc1ccccc1)c1ncccc1F. The van der Waals surface area contributed by atoms with Gasteiger partial charge in [-0.15, -0.1) is 0 Å². The van der Waals surface area contributed by atoms with Crippen LogP contribution in [0.15, 0.2) is 48.7 Å². The van der Waals surface area contributed by atoms with Gasteiger partial charge < -0.3 is 5.32 Å². The van der Waals surface area contributed by atoms with Gasteiger partial charge in [0.15, 0.2) is 11.5 Å². The number of hydrogen-bond donors (Lipinski definition) is 1. The minimum absolute atomic E-state index is 0.177. The van der Waals surface area contributed by atoms with Crippen molar-refractivity contribution in [3.8, 4) is 0 Å². The van der Waals surface area contributed by atoms with Crippen molar-refractivity contribution in [3.63, 3.8) is 0 Å². The summed E-state index contributed by atoms with van der Waals surface area (Å²) in [6, 6.07) is 12.1. The molecule has 0 saturated heterocycles. The van der Waals surface area contributed by atoms with Crippen LogP contribution in [0.3, 0.4) is 0 Å². The van der Waals surface area contributed by atoms with E-state index in [4.69, 9.17) is 0 Å². The van der Waals surface area contributed by atoms with Gasteiger partial charge in [-0.2, -0.15) is 0 Å². The molecule has 2 aromatic rings. The molecule has 0 fully saturated rings. The van der Waals surface area contributed by atoms with Gasteiger partial charge in [0.05, 0.1) is 0 Å². The van der Waals surface area contributed by atoms with Crippen molar-refractivity contribution in [2.45, 2.75) is 6.54 Å². The molecule has 17 heavy (non-hydrogen) atoms. The van der Waals surface area contributed by atoms with Crippen LogP contribution in [0.4, 0.5) is 4.39 Å². The largest absolute Gasteiger partial charge is 0.347 e. The highest BCUT2D eigenvalue weighted by Gasteiger charge is 2.11. The molecule has 0 aliphatic carbocycles. The van der Waals surface area contributed by atoms with Gasteiger partial charge in [-0.25, -0.2) is 9.37 Å². The summed E-state index contributed by atoms with van der Waals surface area (Å²) in [5, 5.41) is 2.61. The summed E-state index contributed by atoms with van der Waals surface area (Å²) < 4.78 is 13.2. The summed E-state index contributed by atoms with van der Waals surface area (Å²) >= 11 is 0. The van der Waals surface area contributed by atoms with Crippen LogP contribution in [0.2, 0.25) is 0 Å². The Morgan fingerprint density at radius 3 is 2.65 bits per heavy atom. The molecule has 0 radical (unpaired) electrons. The lowest BCUT2D eigenvalue weighted by molar-refractivity contribution is 0.0941. The van der Waals surface area contributed by atoms with Crippen molar-refractivity contribution in [2.24, 2.45) is 0 Å². The standard InChI is InChI=1S/C13H11FN2O/c14-11-7-4-8-15-12(11)13(17)16-9-10-5-2-1-3-6-10/h1-8H,9H2,(H,16,17). The predicted molar refractivity (Wildman–Crippen MR) is 61.8 cm³/mol. The third-order valence-electron chi connectivity index (χ3n) is 2.27. The first-order chi connectivity index (χ1) is 8.27. The number of halogens is 1. The van der Waals surface area contributed by atoms with Crippen molar-refractivity contribution < 1.29 is 9.18 Å². The first-order valence-electron chi connectivity index (χ1n) is 5.20. The molecule has 0 spiro atoms. The predicted octanol–water partition coefficient (Wildman–Crippen LogP) is 2.15. The molecule has 86 valence electrons. The molecule has 2 rings (SSSR count). The van der Waals surface area contributed by atoms with Crippen molar-refractivity contribution in [1.82, 2.24) is 10.3 Å². The molecule has 0 unspecified atom stereocenters. The zero-order chi connectivity index (χ0) is 12.1. The van der Waals surface area contributed by atoms with E-state index in [0.717, 1.165) is 5.56 Å². The Hall–Kier alpha value is -2.23. The van der Waals surface area contributed by atoms with Gasteiger partial charge in [-0.3, -0.25) is 4.79 Å². The molecule has 4 heteroatoms. The first kappa shape index (κ1) is 11.3. The topological polar surface area (TPSA) is 42.0 Å². The van der Waals surface area contributed by atoms with E-state index in [-0.39, 0.29) is 5.69 Å². The van der Waals surface area contributed by atoms with Crippen molar-refractivity contribution in [1.29, 1.82) is 0 Å². The number of nitrogens with one attached hydrogen (secondary N) is 1. The number of nitrogens with zero attached hydrogens (tertiary/aromatic N) is 1. The van der Waals surface area contributed by atoms with Gasteiger partial charge in [0.1, 0.15) is 0 Å². The molecular formula is C13H11FN2O. The van der Waals surface area contributed by atoms with Crippen LogP contribution in [-0.2, 0) is 6.54 Å². The summed E-state index contributed by atoms with van der Waals surface area (Å²) in [5.41, 5.74) is 0.778. The number of hydrogen-bond acceptors (Lipinski definition) is 2. The van der Waals surface area contributed by atoms with Gasteiger partial charge >= 0.3 is 0 Å². The summed E-state index contributed by atoms with van der Waals surface area (Å²) in [4.78, 5) is 15.3. The summed E-state index contributed by atoms with van der Waals surface area (Å²) in [6.07, 6.45) is 1.39. The maximum Gasteiger partial charge on any atom is 0.273 e. The van der Waals surface area contributed by atoms with E-state index in [1.807, 2.05) is 30.3 Å². The van der Waals surface area contributed by atoms with E-state index in [9.17, 15) is 9.18 Å². The molecule has 1 aromatic heterocycles. The van der Waals surface area contributed by atoms with E-state index in [2.05, 4.69) is 10.3 Å². The summed E-state index contributed by atoms with van der Waals surface area (Å²) in [5.74, 6) is -1.12. The first-order valence-corrected chi connectivity index (χ1v) is 5.20. The van der Waals surface area contributed by atoms with E-state index in [0.29, 0.717) is 6.54 Å². The quantitative estimate of drug-likeness (QED) is 0.877. The van der Waals surface area contributed by atoms with Gasteiger partial charge in [0, 0.05) is 12.7 Å². The highest BCUT2D eigenvalue weighted by Crippen LogP contribution is 2.03. The van der Waals surface area contributed by atoms with Gasteiger partial charge in [-0.05, 0) is 17.7 Å². The van der Waals surface area contributed by atoms with E-state index >= 15 is 0 Å². The van der Waals surface area contributed by atoms with Gasteiger partial charge in [0.25, 0.3) is 5.91 Å². The number of aromatic nitrogens is 1. The minimum atomic E-state index is -0.613. The Kier molecular flexibility index (Phi) is 3.45. The molecule has 1 heterocycles. The third-order valence-corrected chi connectivity index (χ3v) is 2.27. The normalized spacial score (nSPS) is 9.94. The van der Waals surface area contributed by atoms with E-state index < -0.39 is 11.7 Å². The second kappa shape index (κ2) is 5.21. The average Bonchev–Trinajstić information content (AvgIpc) is 2.38. The number of pyridine rings is 1. The number of amides is 1. The van der Waals surface area contributed by atoms with E-state index in [1.54, 1.807) is 0 Å². The second-order valence-electron chi connectivity index (χ2n) is 3.50. The number of benzene rings is 1. The zero-order valence-corrected chi connectivity index (χ0v) is 9.06. The molecule has 1 aromatic carbocycles. The van der Waals surface area contributed by atoms with Crippen molar-refractivity contribution in [2.75, 3.05) is 0 Å². The Labute approximate surface area is 98.3 Å². The van der Waals surface area contributed by atoms with Crippen LogP contribution in [0, 0.1) is 5.82 Å². The molecule has 0 atom stereocenters. The number of rotatable bonds is 3. The third kappa shape index (κ3) is 2.87. The van der Waals surface area contributed by atoms with Crippen LogP contribution in [0.1, 0.15) is 16.1 Å². The van der Waals surface area contributed by atoms with Gasteiger partial charge in [0.2, 0.25) is 0 Å². The summed E-state index contributed by atoms with van der Waals surface area (Å²) in [6.45, 7) is 0.357. The highest BCUT2D eigenvalue weighted by molar-refractivity contribution is 5.92. The second-order valence-corrected chi connectivity index (χ2v) is 3.50. The lowest BCUT2D eigenvalue weighted by Crippen LogP contribution is -2.24. The Morgan fingerprint density at radius 2 is 1.94 bits per heavy atom. The van der Waals surface area contributed by atoms with Crippen LogP contribution in [0.25, 0.3) is 0 Å².